The van der Waals surface area contributed by atoms with Crippen LogP contribution in [0.5, 0.6) is 0 Å². The van der Waals surface area contributed by atoms with Crippen molar-refractivity contribution in [3.8, 4) is 0 Å². The molecule has 0 heterocycles. The normalized spacial score (nSPS) is 14.0. The van der Waals surface area contributed by atoms with Crippen LogP contribution >= 0.6 is 7.82 Å². The summed E-state index contributed by atoms with van der Waals surface area (Å²) in [6.45, 7) is 4.85. The molecule has 2 unspecified atom stereocenters. The quantitative estimate of drug-likeness (QED) is 0.0273. The zero-order valence-electron chi connectivity index (χ0n) is 34.2. The number of ether oxygens (including phenoxy) is 2. The molecular weight excluding hydrogens is 685 g/mol. The SMILES string of the molecule is CCCCC/C=C\C/C=C\C/C=C\CCCCCCCCCOCC(COP(=O)(O)OCCN)OC(=O)CCCCCCC/C=C\CCCCCCC. The summed E-state index contributed by atoms with van der Waals surface area (Å²) in [4.78, 5) is 22.4. The number of carbonyl (C=O) groups is 1. The second-order valence-corrected chi connectivity index (χ2v) is 15.7. The zero-order valence-corrected chi connectivity index (χ0v) is 35.1. The molecular formula is C44H82NO7P. The lowest BCUT2D eigenvalue weighted by atomic mass is 10.1. The summed E-state index contributed by atoms with van der Waals surface area (Å²) in [6.07, 6.45) is 48.4. The highest BCUT2D eigenvalue weighted by molar-refractivity contribution is 7.47. The fourth-order valence-corrected chi connectivity index (χ4v) is 6.53. The number of unbranched alkanes of at least 4 members (excludes halogenated alkanes) is 20. The monoisotopic (exact) mass is 768 g/mol. The van der Waals surface area contributed by atoms with Gasteiger partial charge in [-0.2, -0.15) is 0 Å². The van der Waals surface area contributed by atoms with Gasteiger partial charge in [0.15, 0.2) is 0 Å². The molecule has 0 aromatic carbocycles. The van der Waals surface area contributed by atoms with Gasteiger partial charge in [-0.05, 0) is 77.0 Å². The Morgan fingerprint density at radius 1 is 0.566 bits per heavy atom. The maximum atomic E-state index is 12.6. The molecule has 0 fully saturated rings. The highest BCUT2D eigenvalue weighted by Gasteiger charge is 2.25. The minimum Gasteiger partial charge on any atom is -0.457 e. The summed E-state index contributed by atoms with van der Waals surface area (Å²) in [5, 5.41) is 0. The summed E-state index contributed by atoms with van der Waals surface area (Å²) >= 11 is 0. The number of rotatable bonds is 41. The largest absolute Gasteiger partial charge is 0.472 e. The number of hydrogen-bond acceptors (Lipinski definition) is 7. The van der Waals surface area contributed by atoms with Gasteiger partial charge in [0.25, 0.3) is 0 Å². The van der Waals surface area contributed by atoms with Gasteiger partial charge in [-0.3, -0.25) is 13.8 Å². The molecule has 2 atom stereocenters. The van der Waals surface area contributed by atoms with Crippen LogP contribution in [0, 0.1) is 0 Å². The van der Waals surface area contributed by atoms with Crippen molar-refractivity contribution in [2.75, 3.05) is 33.0 Å². The Morgan fingerprint density at radius 3 is 1.55 bits per heavy atom. The minimum atomic E-state index is -4.28. The predicted octanol–water partition coefficient (Wildman–Crippen LogP) is 12.8. The van der Waals surface area contributed by atoms with Crippen molar-refractivity contribution in [1.82, 2.24) is 0 Å². The van der Waals surface area contributed by atoms with Crippen LogP contribution in [0.3, 0.4) is 0 Å². The van der Waals surface area contributed by atoms with Crippen LogP contribution in [0.2, 0.25) is 0 Å². The van der Waals surface area contributed by atoms with Gasteiger partial charge in [-0.1, -0.05) is 152 Å². The molecule has 0 aromatic rings. The third-order valence-corrected chi connectivity index (χ3v) is 9.95. The fourth-order valence-electron chi connectivity index (χ4n) is 5.76. The van der Waals surface area contributed by atoms with E-state index in [1.54, 1.807) is 0 Å². The first kappa shape index (κ1) is 51.5. The Kier molecular flexibility index (Phi) is 40.4. The van der Waals surface area contributed by atoms with Gasteiger partial charge in [-0.15, -0.1) is 0 Å². The summed E-state index contributed by atoms with van der Waals surface area (Å²) in [6, 6.07) is 0. The molecule has 53 heavy (non-hydrogen) atoms. The van der Waals surface area contributed by atoms with E-state index >= 15 is 0 Å². The average molecular weight is 768 g/mol. The van der Waals surface area contributed by atoms with Crippen molar-refractivity contribution in [3.63, 3.8) is 0 Å². The molecule has 0 radical (unpaired) electrons. The van der Waals surface area contributed by atoms with Gasteiger partial charge >= 0.3 is 13.8 Å². The molecule has 0 aliphatic heterocycles. The van der Waals surface area contributed by atoms with Gasteiger partial charge in [0, 0.05) is 19.6 Å². The molecule has 3 N–H and O–H groups in total. The number of esters is 1. The van der Waals surface area contributed by atoms with Crippen LogP contribution in [-0.4, -0.2) is 49.9 Å². The number of hydrogen-bond donors (Lipinski definition) is 2. The first-order valence-electron chi connectivity index (χ1n) is 21.6. The maximum Gasteiger partial charge on any atom is 0.472 e. The molecule has 0 saturated carbocycles. The molecule has 0 rings (SSSR count). The van der Waals surface area contributed by atoms with Crippen molar-refractivity contribution in [2.24, 2.45) is 5.73 Å². The average Bonchev–Trinajstić information content (AvgIpc) is 3.15. The summed E-state index contributed by atoms with van der Waals surface area (Å²) in [5.74, 6) is -0.344. The smallest absolute Gasteiger partial charge is 0.457 e. The maximum absolute atomic E-state index is 12.6. The Hall–Kier alpha value is -1.54. The second kappa shape index (κ2) is 41.6. The van der Waals surface area contributed by atoms with Gasteiger partial charge in [-0.25, -0.2) is 4.57 Å². The molecule has 310 valence electrons. The Balaban J connectivity index is 4.06. The standard InChI is InChI=1S/C44H82NO7P/c1-3-5-7-9-11-13-15-17-19-20-21-22-23-24-26-28-30-32-34-36-39-49-41-43(42-51-53(47,48)50-40-38-45)52-44(46)37-35-33-31-29-27-25-18-16-14-12-10-8-6-4-2/h11,13,16-19,21-22,43H,3-10,12,14-15,20,23-42,45H2,1-2H3,(H,47,48)/b13-11-,18-16-,19-17-,22-21-. The Bertz CT molecular complexity index is 952. The van der Waals surface area contributed by atoms with Crippen LogP contribution in [0.4, 0.5) is 0 Å². The number of nitrogens with two attached hydrogens (primary N) is 1. The third kappa shape index (κ3) is 41.5. The fraction of sp³-hybridized carbons (Fsp3) is 0.795. The predicted molar refractivity (Wildman–Crippen MR) is 224 cm³/mol. The number of phosphoric acid groups is 1. The lowest BCUT2D eigenvalue weighted by Crippen LogP contribution is -2.28. The van der Waals surface area contributed by atoms with Crippen molar-refractivity contribution in [2.45, 2.75) is 193 Å². The highest BCUT2D eigenvalue weighted by Crippen LogP contribution is 2.43. The summed E-state index contributed by atoms with van der Waals surface area (Å²) in [7, 11) is -4.28. The van der Waals surface area contributed by atoms with Crippen molar-refractivity contribution in [3.05, 3.63) is 48.6 Å². The molecule has 0 saturated heterocycles. The topological polar surface area (TPSA) is 117 Å². The Labute approximate surface area is 326 Å². The van der Waals surface area contributed by atoms with Crippen LogP contribution in [-0.2, 0) is 27.9 Å². The molecule has 0 aromatic heterocycles. The first-order valence-corrected chi connectivity index (χ1v) is 23.1. The lowest BCUT2D eigenvalue weighted by Gasteiger charge is -2.20. The lowest BCUT2D eigenvalue weighted by molar-refractivity contribution is -0.154. The van der Waals surface area contributed by atoms with Crippen molar-refractivity contribution < 1.29 is 32.8 Å². The number of carbonyl (C=O) groups excluding carboxylic acids is 1. The van der Waals surface area contributed by atoms with Crippen LogP contribution in [0.25, 0.3) is 0 Å². The van der Waals surface area contributed by atoms with E-state index in [1.807, 2.05) is 0 Å². The zero-order chi connectivity index (χ0) is 38.8. The Morgan fingerprint density at radius 2 is 1.00 bits per heavy atom. The first-order chi connectivity index (χ1) is 25.9. The summed E-state index contributed by atoms with van der Waals surface area (Å²) in [5.41, 5.74) is 5.36. The van der Waals surface area contributed by atoms with Gasteiger partial charge in [0.05, 0.1) is 19.8 Å². The van der Waals surface area contributed by atoms with Crippen LogP contribution in [0.1, 0.15) is 187 Å². The molecule has 0 amide bonds. The molecule has 0 spiro atoms. The van der Waals surface area contributed by atoms with E-state index in [2.05, 4.69) is 62.5 Å². The van der Waals surface area contributed by atoms with E-state index in [1.165, 1.54) is 103 Å². The van der Waals surface area contributed by atoms with E-state index < -0.39 is 13.9 Å². The van der Waals surface area contributed by atoms with E-state index in [9.17, 15) is 14.3 Å². The van der Waals surface area contributed by atoms with Crippen LogP contribution < -0.4 is 5.73 Å². The van der Waals surface area contributed by atoms with Crippen molar-refractivity contribution >= 4 is 13.8 Å². The molecule has 0 bridgehead atoms. The third-order valence-electron chi connectivity index (χ3n) is 8.97. The molecule has 9 heteroatoms. The molecule has 0 aliphatic rings. The highest BCUT2D eigenvalue weighted by atomic mass is 31.2. The number of phosphoric ester groups is 1. The molecule has 0 aliphatic carbocycles. The number of allylic oxidation sites excluding steroid dienone is 8. The minimum absolute atomic E-state index is 0.0958. The van der Waals surface area contributed by atoms with E-state index in [0.717, 1.165) is 64.2 Å². The van der Waals surface area contributed by atoms with Crippen molar-refractivity contribution in [1.29, 1.82) is 0 Å². The van der Waals surface area contributed by atoms with E-state index in [-0.39, 0.29) is 32.3 Å². The second-order valence-electron chi connectivity index (χ2n) is 14.2. The van der Waals surface area contributed by atoms with Gasteiger partial charge < -0.3 is 20.1 Å². The van der Waals surface area contributed by atoms with Gasteiger partial charge in [0.2, 0.25) is 0 Å². The van der Waals surface area contributed by atoms with Gasteiger partial charge in [0.1, 0.15) is 6.10 Å². The van der Waals surface area contributed by atoms with E-state index in [0.29, 0.717) is 13.0 Å². The van der Waals surface area contributed by atoms with E-state index in [4.69, 9.17) is 24.3 Å². The summed E-state index contributed by atoms with van der Waals surface area (Å²) < 4.78 is 33.4. The van der Waals surface area contributed by atoms with Crippen LogP contribution in [0.15, 0.2) is 48.6 Å². The molecule has 8 nitrogen and oxygen atoms in total.